The van der Waals surface area contributed by atoms with Crippen LogP contribution >= 0.6 is 0 Å². The molecular formula is C16H18F2N2O. The Hall–Kier alpha value is -1.49. The Morgan fingerprint density at radius 1 is 1.14 bits per heavy atom. The number of hydrogen-bond donors (Lipinski definition) is 0. The van der Waals surface area contributed by atoms with E-state index < -0.39 is 5.92 Å². The van der Waals surface area contributed by atoms with Gasteiger partial charge in [-0.3, -0.25) is 9.69 Å². The molecule has 112 valence electrons. The maximum absolute atomic E-state index is 12.8. The van der Waals surface area contributed by atoms with Crippen LogP contribution in [-0.4, -0.2) is 47.8 Å². The fourth-order valence-corrected chi connectivity index (χ4v) is 3.83. The van der Waals surface area contributed by atoms with Crippen LogP contribution in [0.1, 0.15) is 5.56 Å². The molecule has 0 N–H and O–H groups in total. The summed E-state index contributed by atoms with van der Waals surface area (Å²) in [6, 6.07) is 10.3. The lowest BCUT2D eigenvalue weighted by atomic mass is 10.1. The van der Waals surface area contributed by atoms with Crippen molar-refractivity contribution in [1.29, 1.82) is 0 Å². The number of carbonyl (C=O) groups is 1. The quantitative estimate of drug-likeness (QED) is 0.849. The number of nitrogens with zero attached hydrogens (tertiary/aromatic N) is 2. The standard InChI is InChI=1S/C16H18F2N2O/c17-16(18)9-20(10-16)15(21)14-12-7-19(8-13(12)14)6-11-4-2-1-3-5-11/h1-5,12-14H,6-10H2/t12-,13+,14?. The second kappa shape index (κ2) is 4.50. The predicted octanol–water partition coefficient (Wildman–Crippen LogP) is 1.84. The summed E-state index contributed by atoms with van der Waals surface area (Å²) in [4.78, 5) is 15.8. The van der Waals surface area contributed by atoms with Crippen molar-refractivity contribution in [2.45, 2.75) is 12.5 Å². The molecule has 3 aliphatic rings. The third-order valence-electron chi connectivity index (χ3n) is 4.96. The summed E-state index contributed by atoms with van der Waals surface area (Å²) in [7, 11) is 0. The lowest BCUT2D eigenvalue weighted by Gasteiger charge is -2.39. The van der Waals surface area contributed by atoms with Crippen LogP contribution in [-0.2, 0) is 11.3 Å². The fraction of sp³-hybridized carbons (Fsp3) is 0.562. The molecule has 1 aromatic rings. The molecule has 1 saturated carbocycles. The summed E-state index contributed by atoms with van der Waals surface area (Å²) >= 11 is 0. The summed E-state index contributed by atoms with van der Waals surface area (Å²) in [5.41, 5.74) is 1.28. The van der Waals surface area contributed by atoms with Crippen LogP contribution in [0.2, 0.25) is 0 Å². The third-order valence-corrected chi connectivity index (χ3v) is 4.96. The monoisotopic (exact) mass is 292 g/mol. The van der Waals surface area contributed by atoms with E-state index in [1.807, 2.05) is 18.2 Å². The summed E-state index contributed by atoms with van der Waals surface area (Å²) < 4.78 is 25.6. The molecule has 1 aromatic carbocycles. The zero-order valence-corrected chi connectivity index (χ0v) is 11.7. The number of halogens is 2. The van der Waals surface area contributed by atoms with E-state index in [0.717, 1.165) is 19.6 Å². The first kappa shape index (κ1) is 13.2. The molecule has 2 saturated heterocycles. The zero-order valence-electron chi connectivity index (χ0n) is 11.7. The minimum atomic E-state index is -2.65. The normalized spacial score (nSPS) is 33.4. The first-order valence-corrected chi connectivity index (χ1v) is 7.46. The number of hydrogen-bond acceptors (Lipinski definition) is 2. The van der Waals surface area contributed by atoms with Crippen molar-refractivity contribution in [2.75, 3.05) is 26.2 Å². The van der Waals surface area contributed by atoms with Crippen molar-refractivity contribution < 1.29 is 13.6 Å². The van der Waals surface area contributed by atoms with E-state index in [-0.39, 0.29) is 24.9 Å². The van der Waals surface area contributed by atoms with Gasteiger partial charge in [0.2, 0.25) is 5.91 Å². The number of amides is 1. The Kier molecular flexibility index (Phi) is 2.83. The molecule has 5 heteroatoms. The van der Waals surface area contributed by atoms with Crippen molar-refractivity contribution in [1.82, 2.24) is 9.80 Å². The van der Waals surface area contributed by atoms with E-state index in [1.54, 1.807) is 0 Å². The first-order valence-electron chi connectivity index (χ1n) is 7.46. The van der Waals surface area contributed by atoms with Crippen molar-refractivity contribution in [2.24, 2.45) is 17.8 Å². The number of benzene rings is 1. The topological polar surface area (TPSA) is 23.6 Å². The van der Waals surface area contributed by atoms with Gasteiger partial charge in [0.1, 0.15) is 0 Å². The molecule has 2 aliphatic heterocycles. The van der Waals surface area contributed by atoms with E-state index >= 15 is 0 Å². The Morgan fingerprint density at radius 3 is 2.33 bits per heavy atom. The predicted molar refractivity (Wildman–Crippen MR) is 73.7 cm³/mol. The molecule has 2 heterocycles. The molecule has 0 radical (unpaired) electrons. The van der Waals surface area contributed by atoms with Crippen molar-refractivity contribution in [3.8, 4) is 0 Å². The van der Waals surface area contributed by atoms with Crippen molar-refractivity contribution >= 4 is 5.91 Å². The Balaban J connectivity index is 1.29. The Labute approximate surface area is 122 Å². The van der Waals surface area contributed by atoms with Gasteiger partial charge in [-0.05, 0) is 17.4 Å². The van der Waals surface area contributed by atoms with E-state index in [1.165, 1.54) is 10.5 Å². The number of alkyl halides is 2. The minimum Gasteiger partial charge on any atom is -0.330 e. The Bertz CT molecular complexity index is 543. The molecule has 4 rings (SSSR count). The van der Waals surface area contributed by atoms with E-state index in [4.69, 9.17) is 0 Å². The van der Waals surface area contributed by atoms with Crippen LogP contribution < -0.4 is 0 Å². The molecule has 1 unspecified atom stereocenters. The highest BCUT2D eigenvalue weighted by molar-refractivity contribution is 5.83. The largest absolute Gasteiger partial charge is 0.330 e. The average molecular weight is 292 g/mol. The lowest BCUT2D eigenvalue weighted by Crippen LogP contribution is -2.59. The number of likely N-dealkylation sites (tertiary alicyclic amines) is 2. The number of piperidine rings is 1. The number of rotatable bonds is 3. The summed E-state index contributed by atoms with van der Waals surface area (Å²) in [6.07, 6.45) is 0. The van der Waals surface area contributed by atoms with Gasteiger partial charge in [0.25, 0.3) is 5.92 Å². The van der Waals surface area contributed by atoms with Gasteiger partial charge in [0.15, 0.2) is 0 Å². The van der Waals surface area contributed by atoms with Gasteiger partial charge in [0.05, 0.1) is 13.1 Å². The van der Waals surface area contributed by atoms with E-state index in [0.29, 0.717) is 11.8 Å². The molecule has 0 bridgehead atoms. The van der Waals surface area contributed by atoms with E-state index in [9.17, 15) is 13.6 Å². The van der Waals surface area contributed by atoms with Crippen molar-refractivity contribution in [3.05, 3.63) is 35.9 Å². The summed E-state index contributed by atoms with van der Waals surface area (Å²) in [5, 5.41) is 0. The number of fused-ring (bicyclic) bond motifs is 1. The lowest BCUT2D eigenvalue weighted by molar-refractivity contribution is -0.167. The van der Waals surface area contributed by atoms with Gasteiger partial charge >= 0.3 is 0 Å². The Morgan fingerprint density at radius 2 is 1.76 bits per heavy atom. The SMILES string of the molecule is O=C(C1[C@H]2CN(Cc3ccccc3)C[C@@H]12)N1CC(F)(F)C1. The van der Waals surface area contributed by atoms with Crippen LogP contribution in [0.5, 0.6) is 0 Å². The summed E-state index contributed by atoms with van der Waals surface area (Å²) in [5.74, 6) is -1.92. The van der Waals surface area contributed by atoms with Crippen LogP contribution in [0.25, 0.3) is 0 Å². The third kappa shape index (κ3) is 2.33. The second-order valence-corrected chi connectivity index (χ2v) is 6.58. The number of carbonyl (C=O) groups excluding carboxylic acids is 1. The highest BCUT2D eigenvalue weighted by Gasteiger charge is 2.62. The zero-order chi connectivity index (χ0) is 14.6. The van der Waals surface area contributed by atoms with Gasteiger partial charge in [0, 0.05) is 25.6 Å². The highest BCUT2D eigenvalue weighted by Crippen LogP contribution is 2.53. The molecular weight excluding hydrogens is 274 g/mol. The van der Waals surface area contributed by atoms with Gasteiger partial charge in [-0.2, -0.15) is 0 Å². The average Bonchev–Trinajstić information content (AvgIpc) is 2.93. The molecule has 3 atom stereocenters. The van der Waals surface area contributed by atoms with Gasteiger partial charge in [-0.1, -0.05) is 30.3 Å². The molecule has 21 heavy (non-hydrogen) atoms. The molecule has 1 aliphatic carbocycles. The van der Waals surface area contributed by atoms with Gasteiger partial charge in [-0.25, -0.2) is 8.78 Å². The maximum atomic E-state index is 12.8. The molecule has 1 amide bonds. The van der Waals surface area contributed by atoms with Crippen LogP contribution in [0, 0.1) is 17.8 Å². The first-order chi connectivity index (χ1) is 10.0. The molecule has 3 fully saturated rings. The highest BCUT2D eigenvalue weighted by atomic mass is 19.3. The molecule has 0 aromatic heterocycles. The minimum absolute atomic E-state index is 0.00752. The molecule has 3 nitrogen and oxygen atoms in total. The van der Waals surface area contributed by atoms with Crippen LogP contribution in [0.15, 0.2) is 30.3 Å². The summed E-state index contributed by atoms with van der Waals surface area (Å²) in [6.45, 7) is 1.99. The fourth-order valence-electron chi connectivity index (χ4n) is 3.83. The van der Waals surface area contributed by atoms with E-state index in [2.05, 4.69) is 17.0 Å². The van der Waals surface area contributed by atoms with Crippen LogP contribution in [0.3, 0.4) is 0 Å². The van der Waals surface area contributed by atoms with Crippen molar-refractivity contribution in [3.63, 3.8) is 0 Å². The van der Waals surface area contributed by atoms with Gasteiger partial charge < -0.3 is 4.90 Å². The second-order valence-electron chi connectivity index (χ2n) is 6.58. The smallest absolute Gasteiger partial charge is 0.282 e. The molecule has 0 spiro atoms. The van der Waals surface area contributed by atoms with Gasteiger partial charge in [-0.15, -0.1) is 0 Å². The van der Waals surface area contributed by atoms with Crippen LogP contribution in [0.4, 0.5) is 8.78 Å². The maximum Gasteiger partial charge on any atom is 0.282 e.